The normalized spacial score (nSPS) is 21.2. The highest BCUT2D eigenvalue weighted by molar-refractivity contribution is 5.96. The second-order valence-corrected chi connectivity index (χ2v) is 6.47. The molecule has 1 atom stereocenters. The molecule has 1 unspecified atom stereocenters. The number of rotatable bonds is 4. The van der Waals surface area contributed by atoms with Gasteiger partial charge in [-0.25, -0.2) is 4.79 Å². The van der Waals surface area contributed by atoms with Crippen LogP contribution < -0.4 is 5.32 Å². The second kappa shape index (κ2) is 7.04. The average molecular weight is 344 g/mol. The van der Waals surface area contributed by atoms with Gasteiger partial charge in [0.25, 0.3) is 5.69 Å². The Kier molecular flexibility index (Phi) is 4.83. The van der Waals surface area contributed by atoms with Crippen LogP contribution in [0.3, 0.4) is 0 Å². The molecule has 0 saturated heterocycles. The SMILES string of the molecule is CC1=C(C(=O)OC2CCCC2)C(c2ccccc2[N+](=O)[O-])CC(=O)N1. The number of benzene rings is 1. The summed E-state index contributed by atoms with van der Waals surface area (Å²) >= 11 is 0. The number of amides is 1. The van der Waals surface area contributed by atoms with Crippen molar-refractivity contribution < 1.29 is 19.2 Å². The summed E-state index contributed by atoms with van der Waals surface area (Å²) in [5.41, 5.74) is 0.976. The van der Waals surface area contributed by atoms with Crippen LogP contribution in [0.1, 0.15) is 50.5 Å². The van der Waals surface area contributed by atoms with Crippen molar-refractivity contribution in [1.82, 2.24) is 5.32 Å². The van der Waals surface area contributed by atoms with E-state index in [0.717, 1.165) is 25.7 Å². The molecule has 132 valence electrons. The number of nitrogens with zero attached hydrogens (tertiary/aromatic N) is 1. The van der Waals surface area contributed by atoms with Gasteiger partial charge in [0.05, 0.1) is 10.5 Å². The summed E-state index contributed by atoms with van der Waals surface area (Å²) < 4.78 is 5.59. The highest BCUT2D eigenvalue weighted by Crippen LogP contribution is 2.38. The summed E-state index contributed by atoms with van der Waals surface area (Å²) in [4.78, 5) is 35.6. The fraction of sp³-hybridized carbons (Fsp3) is 0.444. The Labute approximate surface area is 145 Å². The van der Waals surface area contributed by atoms with Gasteiger partial charge in [-0.3, -0.25) is 14.9 Å². The molecular formula is C18H20N2O5. The Balaban J connectivity index is 1.98. The van der Waals surface area contributed by atoms with Crippen LogP contribution in [0.25, 0.3) is 0 Å². The van der Waals surface area contributed by atoms with Crippen molar-refractivity contribution in [2.45, 2.75) is 51.0 Å². The zero-order chi connectivity index (χ0) is 18.0. The molecular weight excluding hydrogens is 324 g/mol. The molecule has 0 spiro atoms. The number of esters is 1. The molecule has 1 amide bonds. The van der Waals surface area contributed by atoms with Crippen molar-refractivity contribution in [3.05, 3.63) is 51.2 Å². The Morgan fingerprint density at radius 1 is 1.28 bits per heavy atom. The lowest BCUT2D eigenvalue weighted by Crippen LogP contribution is -2.35. The van der Waals surface area contributed by atoms with E-state index in [9.17, 15) is 19.7 Å². The lowest BCUT2D eigenvalue weighted by Gasteiger charge is -2.27. The molecule has 1 aromatic carbocycles. The van der Waals surface area contributed by atoms with E-state index in [1.807, 2.05) is 0 Å². The van der Waals surface area contributed by atoms with E-state index in [1.165, 1.54) is 6.07 Å². The molecule has 7 heteroatoms. The fourth-order valence-electron chi connectivity index (χ4n) is 3.61. The van der Waals surface area contributed by atoms with Crippen molar-refractivity contribution in [2.24, 2.45) is 0 Å². The second-order valence-electron chi connectivity index (χ2n) is 6.47. The number of hydrogen-bond donors (Lipinski definition) is 1. The van der Waals surface area contributed by atoms with Crippen LogP contribution >= 0.6 is 0 Å². The third kappa shape index (κ3) is 3.55. The van der Waals surface area contributed by atoms with E-state index < -0.39 is 16.8 Å². The van der Waals surface area contributed by atoms with Gasteiger partial charge in [0.1, 0.15) is 6.10 Å². The number of para-hydroxylation sites is 1. The van der Waals surface area contributed by atoms with Crippen LogP contribution in [-0.4, -0.2) is 22.9 Å². The van der Waals surface area contributed by atoms with Crippen molar-refractivity contribution in [3.8, 4) is 0 Å². The molecule has 1 aliphatic carbocycles. The largest absolute Gasteiger partial charge is 0.459 e. The molecule has 7 nitrogen and oxygen atoms in total. The van der Waals surface area contributed by atoms with Crippen molar-refractivity contribution >= 4 is 17.6 Å². The first-order valence-electron chi connectivity index (χ1n) is 8.42. The van der Waals surface area contributed by atoms with Crippen LogP contribution in [0.4, 0.5) is 5.69 Å². The summed E-state index contributed by atoms with van der Waals surface area (Å²) in [7, 11) is 0. The van der Waals surface area contributed by atoms with E-state index >= 15 is 0 Å². The number of carbonyl (C=O) groups excluding carboxylic acids is 2. The minimum Gasteiger partial charge on any atom is -0.459 e. The van der Waals surface area contributed by atoms with Gasteiger partial charge >= 0.3 is 5.97 Å². The summed E-state index contributed by atoms with van der Waals surface area (Å²) in [6.45, 7) is 1.63. The molecule has 1 aromatic rings. The molecule has 1 aliphatic heterocycles. The van der Waals surface area contributed by atoms with Crippen molar-refractivity contribution in [3.63, 3.8) is 0 Å². The zero-order valence-corrected chi connectivity index (χ0v) is 14.0. The van der Waals surface area contributed by atoms with E-state index in [0.29, 0.717) is 16.8 Å². The predicted octanol–water partition coefficient (Wildman–Crippen LogP) is 2.96. The summed E-state index contributed by atoms with van der Waals surface area (Å²) in [6.07, 6.45) is 3.59. The molecule has 1 N–H and O–H groups in total. The van der Waals surface area contributed by atoms with Crippen LogP contribution in [-0.2, 0) is 14.3 Å². The third-order valence-corrected chi connectivity index (χ3v) is 4.77. The minimum atomic E-state index is -0.677. The Morgan fingerprint density at radius 2 is 1.96 bits per heavy atom. The number of nitro groups is 1. The van der Waals surface area contributed by atoms with Crippen LogP contribution in [0.2, 0.25) is 0 Å². The number of allylic oxidation sites excluding steroid dienone is 1. The van der Waals surface area contributed by atoms with Gasteiger partial charge in [-0.05, 0) is 32.6 Å². The number of nitrogens with one attached hydrogen (secondary N) is 1. The maximum atomic E-state index is 12.7. The van der Waals surface area contributed by atoms with Crippen molar-refractivity contribution in [2.75, 3.05) is 0 Å². The summed E-state index contributed by atoms with van der Waals surface area (Å²) in [6, 6.07) is 6.22. The van der Waals surface area contributed by atoms with Gasteiger partial charge in [0.2, 0.25) is 5.91 Å². The monoisotopic (exact) mass is 344 g/mol. The topological polar surface area (TPSA) is 98.5 Å². The van der Waals surface area contributed by atoms with Gasteiger partial charge in [-0.2, -0.15) is 0 Å². The van der Waals surface area contributed by atoms with E-state index in [4.69, 9.17) is 4.74 Å². The quantitative estimate of drug-likeness (QED) is 0.514. The first kappa shape index (κ1) is 17.1. The van der Waals surface area contributed by atoms with E-state index in [-0.39, 0.29) is 24.1 Å². The van der Waals surface area contributed by atoms with Crippen LogP contribution in [0.15, 0.2) is 35.5 Å². The van der Waals surface area contributed by atoms with Crippen LogP contribution in [0.5, 0.6) is 0 Å². The molecule has 0 aromatic heterocycles. The first-order valence-corrected chi connectivity index (χ1v) is 8.42. The Morgan fingerprint density at radius 3 is 2.64 bits per heavy atom. The van der Waals surface area contributed by atoms with Crippen molar-refractivity contribution in [1.29, 1.82) is 0 Å². The van der Waals surface area contributed by atoms with Gasteiger partial charge in [0.15, 0.2) is 0 Å². The number of hydrogen-bond acceptors (Lipinski definition) is 5. The molecule has 2 aliphatic rings. The van der Waals surface area contributed by atoms with Crippen LogP contribution in [0, 0.1) is 10.1 Å². The standard InChI is InChI=1S/C18H20N2O5/c1-11-17(18(22)25-12-6-2-3-7-12)14(10-16(21)19-11)13-8-4-5-9-15(13)20(23)24/h4-5,8-9,12,14H,2-3,6-7,10H2,1H3,(H,19,21). The Hall–Kier alpha value is -2.70. The average Bonchev–Trinajstić information content (AvgIpc) is 3.06. The van der Waals surface area contributed by atoms with Gasteiger partial charge in [-0.1, -0.05) is 18.2 Å². The molecule has 1 heterocycles. The smallest absolute Gasteiger partial charge is 0.336 e. The van der Waals surface area contributed by atoms with Gasteiger partial charge in [-0.15, -0.1) is 0 Å². The zero-order valence-electron chi connectivity index (χ0n) is 14.0. The maximum Gasteiger partial charge on any atom is 0.336 e. The van der Waals surface area contributed by atoms with E-state index in [2.05, 4.69) is 5.32 Å². The molecule has 1 fully saturated rings. The lowest BCUT2D eigenvalue weighted by atomic mass is 9.83. The highest BCUT2D eigenvalue weighted by Gasteiger charge is 2.37. The molecule has 3 rings (SSSR count). The molecule has 1 saturated carbocycles. The molecule has 25 heavy (non-hydrogen) atoms. The summed E-state index contributed by atoms with van der Waals surface area (Å²) in [5, 5.41) is 14.0. The number of carbonyl (C=O) groups is 2. The molecule has 0 bridgehead atoms. The first-order chi connectivity index (χ1) is 12.0. The lowest BCUT2D eigenvalue weighted by molar-refractivity contribution is -0.385. The van der Waals surface area contributed by atoms with Gasteiger partial charge < -0.3 is 10.1 Å². The van der Waals surface area contributed by atoms with Gasteiger partial charge in [0, 0.05) is 29.7 Å². The Bertz CT molecular complexity index is 750. The predicted molar refractivity (Wildman–Crippen MR) is 89.6 cm³/mol. The highest BCUT2D eigenvalue weighted by atomic mass is 16.6. The maximum absolute atomic E-state index is 12.7. The minimum absolute atomic E-state index is 0.0166. The fourth-order valence-corrected chi connectivity index (χ4v) is 3.61. The summed E-state index contributed by atoms with van der Waals surface area (Å²) in [5.74, 6) is -1.44. The third-order valence-electron chi connectivity index (χ3n) is 4.77. The number of ether oxygens (including phenoxy) is 1. The number of nitro benzene ring substituents is 1. The van der Waals surface area contributed by atoms with E-state index in [1.54, 1.807) is 25.1 Å². The molecule has 0 radical (unpaired) electrons.